The molecule has 0 aromatic rings. The highest BCUT2D eigenvalue weighted by atomic mass is 32.1. The summed E-state index contributed by atoms with van der Waals surface area (Å²) in [6, 6.07) is 0. The fourth-order valence-electron chi connectivity index (χ4n) is 3.15. The molecular weight excluding hydrogens is 328 g/mol. The smallest absolute Gasteiger partial charge is 0.0999 e. The van der Waals surface area contributed by atoms with Gasteiger partial charge in [-0.3, -0.25) is 0 Å². The number of aliphatic hydroxyl groups excluding tert-OH is 1. The molecule has 0 bridgehead atoms. The Morgan fingerprint density at radius 1 is 0.680 bits per heavy atom. The average molecular weight is 375 g/mol. The van der Waals surface area contributed by atoms with Gasteiger partial charge in [0.15, 0.2) is 0 Å². The van der Waals surface area contributed by atoms with Crippen LogP contribution in [0, 0.1) is 0 Å². The highest BCUT2D eigenvalue weighted by Gasteiger charge is 2.04. The zero-order valence-electron chi connectivity index (χ0n) is 17.2. The van der Waals surface area contributed by atoms with Crippen molar-refractivity contribution in [2.45, 2.75) is 135 Å². The Morgan fingerprint density at radius 3 is 1.48 bits per heavy atom. The third-order valence-electron chi connectivity index (χ3n) is 4.90. The van der Waals surface area contributed by atoms with Crippen molar-refractivity contribution in [1.29, 1.82) is 0 Å². The standard InChI is InChI=1S/C22H46O2S/c1-3-4-5-6-7-8-9-10-11-12-13-14-15-16-17-18-22(25)24-20-19-21(2)23/h21-23,25H,3-20H2,1-2H3. The average Bonchev–Trinajstić information content (AvgIpc) is 2.58. The van der Waals surface area contributed by atoms with Crippen LogP contribution in [-0.2, 0) is 4.74 Å². The van der Waals surface area contributed by atoms with Crippen molar-refractivity contribution in [3.63, 3.8) is 0 Å². The van der Waals surface area contributed by atoms with E-state index in [0.717, 1.165) is 6.42 Å². The molecule has 0 aromatic carbocycles. The van der Waals surface area contributed by atoms with Gasteiger partial charge in [-0.25, -0.2) is 0 Å². The molecule has 0 saturated heterocycles. The Labute approximate surface area is 163 Å². The molecule has 152 valence electrons. The zero-order chi connectivity index (χ0) is 18.6. The molecule has 2 nitrogen and oxygen atoms in total. The summed E-state index contributed by atoms with van der Waals surface area (Å²) >= 11 is 4.45. The topological polar surface area (TPSA) is 29.5 Å². The molecule has 2 unspecified atom stereocenters. The summed E-state index contributed by atoms with van der Waals surface area (Å²) in [5.41, 5.74) is 0.0423. The molecular formula is C22H46O2S. The minimum absolute atomic E-state index is 0.0423. The van der Waals surface area contributed by atoms with Gasteiger partial charge in [0.05, 0.1) is 18.1 Å². The van der Waals surface area contributed by atoms with Gasteiger partial charge in [0.1, 0.15) is 0 Å². The molecule has 0 aliphatic carbocycles. The van der Waals surface area contributed by atoms with Gasteiger partial charge in [0, 0.05) is 0 Å². The largest absolute Gasteiger partial charge is 0.393 e. The molecule has 0 saturated carbocycles. The van der Waals surface area contributed by atoms with Crippen LogP contribution in [0.25, 0.3) is 0 Å². The van der Waals surface area contributed by atoms with E-state index in [1.54, 1.807) is 6.92 Å². The summed E-state index contributed by atoms with van der Waals surface area (Å²) in [6.07, 6.45) is 22.4. The van der Waals surface area contributed by atoms with Crippen LogP contribution in [0.2, 0.25) is 0 Å². The van der Waals surface area contributed by atoms with Gasteiger partial charge in [0.2, 0.25) is 0 Å². The van der Waals surface area contributed by atoms with Crippen LogP contribution in [0.4, 0.5) is 0 Å². The molecule has 0 fully saturated rings. The second-order valence-electron chi connectivity index (χ2n) is 7.70. The SMILES string of the molecule is CCCCCCCCCCCCCCCCCC(S)OCCC(C)O. The normalized spacial score (nSPS) is 13.9. The number of ether oxygens (including phenoxy) is 1. The van der Waals surface area contributed by atoms with E-state index in [2.05, 4.69) is 19.6 Å². The van der Waals surface area contributed by atoms with Crippen molar-refractivity contribution in [3.8, 4) is 0 Å². The highest BCUT2D eigenvalue weighted by molar-refractivity contribution is 7.80. The van der Waals surface area contributed by atoms with E-state index in [1.165, 1.54) is 96.3 Å². The molecule has 0 aliphatic rings. The molecule has 1 N–H and O–H groups in total. The van der Waals surface area contributed by atoms with Crippen molar-refractivity contribution < 1.29 is 9.84 Å². The van der Waals surface area contributed by atoms with E-state index in [4.69, 9.17) is 4.74 Å². The maximum Gasteiger partial charge on any atom is 0.0999 e. The summed E-state index contributed by atoms with van der Waals surface area (Å²) in [5, 5.41) is 9.18. The van der Waals surface area contributed by atoms with Gasteiger partial charge in [0.25, 0.3) is 0 Å². The molecule has 0 aromatic heterocycles. The molecule has 0 rings (SSSR count). The third-order valence-corrected chi connectivity index (χ3v) is 5.31. The van der Waals surface area contributed by atoms with Gasteiger partial charge >= 0.3 is 0 Å². The number of aliphatic hydroxyl groups is 1. The molecule has 0 heterocycles. The number of hydrogen-bond acceptors (Lipinski definition) is 3. The Kier molecular flexibility index (Phi) is 20.8. The quantitative estimate of drug-likeness (QED) is 0.133. The van der Waals surface area contributed by atoms with E-state index in [1.807, 2.05) is 0 Å². The molecule has 0 aliphatic heterocycles. The van der Waals surface area contributed by atoms with Gasteiger partial charge < -0.3 is 9.84 Å². The minimum atomic E-state index is -0.272. The Bertz CT molecular complexity index is 246. The zero-order valence-corrected chi connectivity index (χ0v) is 18.1. The van der Waals surface area contributed by atoms with Crippen LogP contribution in [0.1, 0.15) is 123 Å². The van der Waals surface area contributed by atoms with Gasteiger partial charge in [-0.1, -0.05) is 103 Å². The van der Waals surface area contributed by atoms with Crippen molar-refractivity contribution in [2.75, 3.05) is 6.61 Å². The summed E-state index contributed by atoms with van der Waals surface area (Å²) < 4.78 is 5.58. The fourth-order valence-corrected chi connectivity index (χ4v) is 3.44. The highest BCUT2D eigenvalue weighted by Crippen LogP contribution is 2.15. The second-order valence-corrected chi connectivity index (χ2v) is 8.28. The van der Waals surface area contributed by atoms with Crippen LogP contribution >= 0.6 is 12.6 Å². The maximum absolute atomic E-state index is 9.18. The van der Waals surface area contributed by atoms with Crippen LogP contribution < -0.4 is 0 Å². The van der Waals surface area contributed by atoms with Crippen molar-refractivity contribution >= 4 is 12.6 Å². The van der Waals surface area contributed by atoms with E-state index in [0.29, 0.717) is 13.0 Å². The van der Waals surface area contributed by atoms with Gasteiger partial charge in [-0.05, 0) is 19.8 Å². The van der Waals surface area contributed by atoms with Crippen LogP contribution in [0.3, 0.4) is 0 Å². The second kappa shape index (κ2) is 20.6. The first-order valence-corrected chi connectivity index (χ1v) is 11.7. The summed E-state index contributed by atoms with van der Waals surface area (Å²) in [6.45, 7) is 4.70. The predicted molar refractivity (Wildman–Crippen MR) is 115 cm³/mol. The molecule has 25 heavy (non-hydrogen) atoms. The third kappa shape index (κ3) is 22.2. The van der Waals surface area contributed by atoms with Crippen molar-refractivity contribution in [2.24, 2.45) is 0 Å². The first kappa shape index (κ1) is 25.3. The molecule has 0 radical (unpaired) electrons. The Hall–Kier alpha value is 0.270. The lowest BCUT2D eigenvalue weighted by molar-refractivity contribution is 0.0716. The van der Waals surface area contributed by atoms with Gasteiger partial charge in [-0.15, -0.1) is 12.6 Å². The van der Waals surface area contributed by atoms with E-state index < -0.39 is 0 Å². The Balaban J connectivity index is 3.09. The Morgan fingerprint density at radius 2 is 1.08 bits per heavy atom. The lowest BCUT2D eigenvalue weighted by atomic mass is 10.0. The first-order valence-electron chi connectivity index (χ1n) is 11.1. The summed E-state index contributed by atoms with van der Waals surface area (Å²) in [5.74, 6) is 0. The van der Waals surface area contributed by atoms with E-state index in [9.17, 15) is 5.11 Å². The van der Waals surface area contributed by atoms with Crippen molar-refractivity contribution in [3.05, 3.63) is 0 Å². The van der Waals surface area contributed by atoms with E-state index >= 15 is 0 Å². The molecule has 2 atom stereocenters. The first-order chi connectivity index (χ1) is 12.2. The number of thiol groups is 1. The number of unbranched alkanes of at least 4 members (excludes halogenated alkanes) is 14. The predicted octanol–water partition coefficient (Wildman–Crippen LogP) is 7.29. The molecule has 3 heteroatoms. The maximum atomic E-state index is 9.18. The number of rotatable bonds is 20. The minimum Gasteiger partial charge on any atom is -0.393 e. The molecule has 0 spiro atoms. The fraction of sp³-hybridized carbons (Fsp3) is 1.00. The van der Waals surface area contributed by atoms with Crippen LogP contribution in [-0.4, -0.2) is 23.3 Å². The lowest BCUT2D eigenvalue weighted by Gasteiger charge is -2.12. The summed E-state index contributed by atoms with van der Waals surface area (Å²) in [7, 11) is 0. The van der Waals surface area contributed by atoms with E-state index in [-0.39, 0.29) is 11.5 Å². The molecule has 0 amide bonds. The number of hydrogen-bond donors (Lipinski definition) is 2. The lowest BCUT2D eigenvalue weighted by Crippen LogP contribution is -2.11. The van der Waals surface area contributed by atoms with Crippen LogP contribution in [0.15, 0.2) is 0 Å². The monoisotopic (exact) mass is 374 g/mol. The summed E-state index contributed by atoms with van der Waals surface area (Å²) in [4.78, 5) is 0. The van der Waals surface area contributed by atoms with Crippen molar-refractivity contribution in [1.82, 2.24) is 0 Å². The van der Waals surface area contributed by atoms with Crippen LogP contribution in [0.5, 0.6) is 0 Å². The van der Waals surface area contributed by atoms with Gasteiger partial charge in [-0.2, -0.15) is 0 Å².